The van der Waals surface area contributed by atoms with E-state index in [4.69, 9.17) is 0 Å². The van der Waals surface area contributed by atoms with Gasteiger partial charge >= 0.3 is 12.0 Å². The van der Waals surface area contributed by atoms with Crippen molar-refractivity contribution < 1.29 is 14.7 Å². The van der Waals surface area contributed by atoms with Crippen molar-refractivity contribution >= 4 is 12.0 Å². The first kappa shape index (κ1) is 15.1. The number of amides is 2. The number of aliphatic carboxylic acids is 1. The van der Waals surface area contributed by atoms with E-state index < -0.39 is 11.4 Å². The van der Waals surface area contributed by atoms with E-state index in [0.29, 0.717) is 25.9 Å². The fourth-order valence-electron chi connectivity index (χ4n) is 3.01. The van der Waals surface area contributed by atoms with Crippen molar-refractivity contribution in [2.75, 3.05) is 13.1 Å². The summed E-state index contributed by atoms with van der Waals surface area (Å²) in [5.41, 5.74) is -0.741. The second-order valence-corrected chi connectivity index (χ2v) is 6.34. The molecular weight excluding hydrogens is 256 g/mol. The van der Waals surface area contributed by atoms with E-state index in [1.165, 1.54) is 12.8 Å². The van der Waals surface area contributed by atoms with Crippen molar-refractivity contribution in [1.82, 2.24) is 10.2 Å². The van der Waals surface area contributed by atoms with Crippen LogP contribution in [0.1, 0.15) is 52.4 Å². The molecule has 0 aromatic carbocycles. The maximum Gasteiger partial charge on any atom is 0.317 e. The molecule has 0 radical (unpaired) electrons. The molecule has 2 aliphatic rings. The summed E-state index contributed by atoms with van der Waals surface area (Å²) in [6.45, 7) is 4.86. The highest BCUT2D eigenvalue weighted by Crippen LogP contribution is 2.35. The van der Waals surface area contributed by atoms with Gasteiger partial charge in [-0.1, -0.05) is 26.7 Å². The van der Waals surface area contributed by atoms with Gasteiger partial charge in [0.25, 0.3) is 0 Å². The number of carboxylic acids is 1. The summed E-state index contributed by atoms with van der Waals surface area (Å²) in [7, 11) is 0. The minimum atomic E-state index is -0.777. The molecule has 2 rings (SSSR count). The van der Waals surface area contributed by atoms with E-state index in [2.05, 4.69) is 12.2 Å². The van der Waals surface area contributed by atoms with Gasteiger partial charge in [-0.05, 0) is 31.6 Å². The Balaban J connectivity index is 1.88. The summed E-state index contributed by atoms with van der Waals surface area (Å²) in [5, 5.41) is 12.4. The zero-order valence-corrected chi connectivity index (χ0v) is 12.5. The fraction of sp³-hybridized carbons (Fsp3) is 0.867. The standard InChI is InChI=1S/C15H26N2O3/c1-3-12(9-11-5-6-11)16-14(20)17-8-7-15(4-2,10-17)13(18)19/h11-12H,3-10H2,1-2H3,(H,16,20)(H,18,19). The van der Waals surface area contributed by atoms with Gasteiger partial charge in [-0.15, -0.1) is 0 Å². The minimum Gasteiger partial charge on any atom is -0.481 e. The van der Waals surface area contributed by atoms with Crippen molar-refractivity contribution in [3.63, 3.8) is 0 Å². The molecule has 0 spiro atoms. The fourth-order valence-corrected chi connectivity index (χ4v) is 3.01. The number of carbonyl (C=O) groups excluding carboxylic acids is 1. The van der Waals surface area contributed by atoms with Gasteiger partial charge in [-0.3, -0.25) is 4.79 Å². The van der Waals surface area contributed by atoms with E-state index in [-0.39, 0.29) is 12.1 Å². The molecule has 5 heteroatoms. The summed E-state index contributed by atoms with van der Waals surface area (Å²) in [4.78, 5) is 25.3. The minimum absolute atomic E-state index is 0.0888. The number of nitrogens with zero attached hydrogens (tertiary/aromatic N) is 1. The number of nitrogens with one attached hydrogen (secondary N) is 1. The zero-order valence-electron chi connectivity index (χ0n) is 12.5. The predicted molar refractivity (Wildman–Crippen MR) is 76.5 cm³/mol. The number of hydrogen-bond acceptors (Lipinski definition) is 2. The molecule has 20 heavy (non-hydrogen) atoms. The molecule has 0 aromatic rings. The molecule has 114 valence electrons. The third kappa shape index (κ3) is 3.25. The van der Waals surface area contributed by atoms with Crippen LogP contribution in [0.3, 0.4) is 0 Å². The lowest BCUT2D eigenvalue weighted by atomic mass is 9.84. The lowest BCUT2D eigenvalue weighted by molar-refractivity contribution is -0.148. The van der Waals surface area contributed by atoms with Crippen molar-refractivity contribution in [2.24, 2.45) is 11.3 Å². The number of likely N-dealkylation sites (tertiary alicyclic amines) is 1. The maximum atomic E-state index is 12.3. The van der Waals surface area contributed by atoms with Gasteiger partial charge in [-0.25, -0.2) is 4.79 Å². The summed E-state index contributed by atoms with van der Waals surface area (Å²) < 4.78 is 0. The second-order valence-electron chi connectivity index (χ2n) is 6.34. The first-order valence-electron chi connectivity index (χ1n) is 7.79. The highest BCUT2D eigenvalue weighted by molar-refractivity contribution is 5.79. The summed E-state index contributed by atoms with van der Waals surface area (Å²) in [5.74, 6) is 0.00732. The molecule has 2 atom stereocenters. The van der Waals surface area contributed by atoms with Crippen LogP contribution in [-0.2, 0) is 4.79 Å². The molecule has 1 saturated carbocycles. The summed E-state index contributed by atoms with van der Waals surface area (Å²) >= 11 is 0. The van der Waals surface area contributed by atoms with Crippen LogP contribution in [0.4, 0.5) is 4.79 Å². The Morgan fingerprint density at radius 1 is 1.40 bits per heavy atom. The van der Waals surface area contributed by atoms with Gasteiger partial charge in [0.2, 0.25) is 0 Å². The number of hydrogen-bond donors (Lipinski definition) is 2. The Morgan fingerprint density at radius 3 is 2.55 bits per heavy atom. The molecule has 1 heterocycles. The van der Waals surface area contributed by atoms with E-state index in [1.54, 1.807) is 4.90 Å². The van der Waals surface area contributed by atoms with Gasteiger partial charge in [0.15, 0.2) is 0 Å². The third-order valence-corrected chi connectivity index (χ3v) is 4.91. The molecule has 5 nitrogen and oxygen atoms in total. The van der Waals surface area contributed by atoms with Crippen LogP contribution in [0.5, 0.6) is 0 Å². The predicted octanol–water partition coefficient (Wildman–Crippen LogP) is 2.46. The van der Waals surface area contributed by atoms with Gasteiger partial charge < -0.3 is 15.3 Å². The van der Waals surface area contributed by atoms with E-state index >= 15 is 0 Å². The second kappa shape index (κ2) is 6.02. The Labute approximate surface area is 120 Å². The maximum absolute atomic E-state index is 12.3. The van der Waals surface area contributed by atoms with Crippen molar-refractivity contribution in [3.05, 3.63) is 0 Å². The quantitative estimate of drug-likeness (QED) is 0.786. The highest BCUT2D eigenvalue weighted by Gasteiger charge is 2.45. The zero-order chi connectivity index (χ0) is 14.8. The van der Waals surface area contributed by atoms with Gasteiger partial charge in [0, 0.05) is 19.1 Å². The third-order valence-electron chi connectivity index (χ3n) is 4.91. The van der Waals surface area contributed by atoms with Crippen molar-refractivity contribution in [1.29, 1.82) is 0 Å². The van der Waals surface area contributed by atoms with Gasteiger partial charge in [-0.2, -0.15) is 0 Å². The first-order chi connectivity index (χ1) is 9.50. The number of carboxylic acid groups (broad SMARTS) is 1. The molecule has 2 amide bonds. The average Bonchev–Trinajstić information content (AvgIpc) is 3.12. The monoisotopic (exact) mass is 282 g/mol. The van der Waals surface area contributed by atoms with Crippen LogP contribution in [0.25, 0.3) is 0 Å². The lowest BCUT2D eigenvalue weighted by Crippen LogP contribution is -2.45. The molecule has 2 N–H and O–H groups in total. The van der Waals surface area contributed by atoms with Crippen LogP contribution in [0.2, 0.25) is 0 Å². The molecular formula is C15H26N2O3. The largest absolute Gasteiger partial charge is 0.481 e. The van der Waals surface area contributed by atoms with Crippen molar-refractivity contribution in [3.8, 4) is 0 Å². The Hall–Kier alpha value is -1.26. The van der Waals surface area contributed by atoms with Crippen LogP contribution in [0, 0.1) is 11.3 Å². The summed E-state index contributed by atoms with van der Waals surface area (Å²) in [6, 6.07) is 0.144. The number of rotatable bonds is 6. The first-order valence-corrected chi connectivity index (χ1v) is 7.79. The van der Waals surface area contributed by atoms with Crippen LogP contribution in [-0.4, -0.2) is 41.1 Å². The number of urea groups is 1. The van der Waals surface area contributed by atoms with E-state index in [0.717, 1.165) is 18.8 Å². The van der Waals surface area contributed by atoms with E-state index in [9.17, 15) is 14.7 Å². The topological polar surface area (TPSA) is 69.6 Å². The molecule has 0 aromatic heterocycles. The molecule has 2 unspecified atom stereocenters. The molecule has 1 aliphatic carbocycles. The van der Waals surface area contributed by atoms with Crippen molar-refractivity contribution in [2.45, 2.75) is 58.4 Å². The average molecular weight is 282 g/mol. The Morgan fingerprint density at radius 2 is 2.10 bits per heavy atom. The smallest absolute Gasteiger partial charge is 0.317 e. The molecule has 0 bridgehead atoms. The Bertz CT molecular complexity index is 381. The van der Waals surface area contributed by atoms with Gasteiger partial charge in [0.1, 0.15) is 0 Å². The van der Waals surface area contributed by atoms with Crippen LogP contribution < -0.4 is 5.32 Å². The molecule has 1 saturated heterocycles. The Kier molecular flexibility index (Phi) is 4.55. The van der Waals surface area contributed by atoms with Crippen LogP contribution >= 0.6 is 0 Å². The SMILES string of the molecule is CCC(CC1CC1)NC(=O)N1CCC(CC)(C(=O)O)C1. The summed E-state index contributed by atoms with van der Waals surface area (Å²) in [6.07, 6.45) is 5.71. The number of carbonyl (C=O) groups is 2. The molecule has 2 fully saturated rings. The lowest BCUT2D eigenvalue weighted by Gasteiger charge is -2.25. The highest BCUT2D eigenvalue weighted by atomic mass is 16.4. The van der Waals surface area contributed by atoms with Crippen LogP contribution in [0.15, 0.2) is 0 Å². The molecule has 1 aliphatic heterocycles. The van der Waals surface area contributed by atoms with Gasteiger partial charge in [0.05, 0.1) is 5.41 Å². The normalized spacial score (nSPS) is 27.4. The van der Waals surface area contributed by atoms with E-state index in [1.807, 2.05) is 6.92 Å².